The van der Waals surface area contributed by atoms with Crippen molar-refractivity contribution in [3.8, 4) is 11.5 Å². The molecule has 0 bridgehead atoms. The van der Waals surface area contributed by atoms with Crippen molar-refractivity contribution in [1.29, 1.82) is 0 Å². The van der Waals surface area contributed by atoms with Crippen LogP contribution in [0.15, 0.2) is 42.6 Å². The number of pyridine rings is 1. The number of benzene rings is 2. The van der Waals surface area contributed by atoms with Gasteiger partial charge >= 0.3 is 11.8 Å². The highest BCUT2D eigenvalue weighted by Gasteiger charge is 2.20. The van der Waals surface area contributed by atoms with Crippen molar-refractivity contribution < 1.29 is 24.3 Å². The first-order valence-corrected chi connectivity index (χ1v) is 8.44. The molecule has 0 fully saturated rings. The molecule has 0 atom stereocenters. The van der Waals surface area contributed by atoms with E-state index in [4.69, 9.17) is 14.6 Å². The lowest BCUT2D eigenvalue weighted by atomic mass is 10.1. The number of fused-ring (bicyclic) bond motifs is 1. The molecule has 29 heavy (non-hydrogen) atoms. The molecule has 2 aromatic carbocycles. The van der Waals surface area contributed by atoms with Gasteiger partial charge in [-0.15, -0.1) is 0 Å². The molecule has 0 aliphatic heterocycles. The molecule has 0 unspecified atom stereocenters. The van der Waals surface area contributed by atoms with E-state index in [-0.39, 0.29) is 17.9 Å². The summed E-state index contributed by atoms with van der Waals surface area (Å²) in [5.41, 5.74) is 1.91. The van der Waals surface area contributed by atoms with Crippen molar-refractivity contribution in [2.24, 2.45) is 0 Å². The third-order valence-corrected chi connectivity index (χ3v) is 4.22. The molecule has 10 heteroatoms. The summed E-state index contributed by atoms with van der Waals surface area (Å²) in [5.74, 6) is 0.878. The molecule has 150 valence electrons. The first kappa shape index (κ1) is 19.7. The summed E-state index contributed by atoms with van der Waals surface area (Å²) in [6.07, 6.45) is 0.0670. The van der Waals surface area contributed by atoms with Gasteiger partial charge in [-0.2, -0.15) is 0 Å². The van der Waals surface area contributed by atoms with Gasteiger partial charge in [0, 0.05) is 23.7 Å². The van der Waals surface area contributed by atoms with Crippen LogP contribution in [0.25, 0.3) is 10.9 Å². The van der Waals surface area contributed by atoms with Gasteiger partial charge in [-0.25, -0.2) is 9.78 Å². The van der Waals surface area contributed by atoms with E-state index in [9.17, 15) is 14.9 Å². The van der Waals surface area contributed by atoms with Gasteiger partial charge in [0.15, 0.2) is 11.5 Å². The predicted octanol–water partition coefficient (Wildman–Crippen LogP) is 3.67. The number of hydrogen-bond acceptors (Lipinski definition) is 7. The smallest absolute Gasteiger partial charge is 0.404 e. The molecule has 3 N–H and O–H groups in total. The Labute approximate surface area is 165 Å². The number of anilines is 2. The Balaban J connectivity index is 2.03. The molecule has 0 saturated carbocycles. The van der Waals surface area contributed by atoms with Gasteiger partial charge in [0.05, 0.1) is 24.7 Å². The number of carboxylic acid groups (broad SMARTS) is 1. The van der Waals surface area contributed by atoms with Crippen molar-refractivity contribution in [3.63, 3.8) is 0 Å². The molecular formula is C19H18N4O6. The number of aromatic nitrogens is 1. The molecule has 0 aliphatic rings. The maximum atomic E-state index is 11.5. The second-order valence-electron chi connectivity index (χ2n) is 5.98. The van der Waals surface area contributed by atoms with Gasteiger partial charge in [-0.3, -0.25) is 10.1 Å². The number of nitro groups is 1. The van der Waals surface area contributed by atoms with Crippen LogP contribution in [0.1, 0.15) is 5.56 Å². The van der Waals surface area contributed by atoms with Crippen LogP contribution in [-0.4, -0.2) is 35.3 Å². The van der Waals surface area contributed by atoms with Gasteiger partial charge in [0.25, 0.3) is 0 Å². The normalized spacial score (nSPS) is 10.4. The van der Waals surface area contributed by atoms with Crippen LogP contribution in [-0.2, 0) is 6.54 Å². The van der Waals surface area contributed by atoms with Crippen molar-refractivity contribution in [3.05, 3.63) is 58.3 Å². The Bertz CT molecular complexity index is 1070. The summed E-state index contributed by atoms with van der Waals surface area (Å²) in [4.78, 5) is 25.8. The van der Waals surface area contributed by atoms with Crippen LogP contribution >= 0.6 is 0 Å². The zero-order valence-corrected chi connectivity index (χ0v) is 15.6. The van der Waals surface area contributed by atoms with E-state index in [0.717, 1.165) is 5.56 Å². The second-order valence-corrected chi connectivity index (χ2v) is 5.98. The lowest BCUT2D eigenvalue weighted by Gasteiger charge is -2.13. The molecule has 0 saturated heterocycles. The number of hydrogen-bond donors (Lipinski definition) is 3. The SMILES string of the molecule is COc1cc2ncc([N+](=O)[O-])c(Nc3ccc(CNC(=O)O)cc3)c2cc1OC. The van der Waals surface area contributed by atoms with E-state index in [1.807, 2.05) is 0 Å². The summed E-state index contributed by atoms with van der Waals surface area (Å²) in [6, 6.07) is 10.1. The average Bonchev–Trinajstić information content (AvgIpc) is 2.72. The van der Waals surface area contributed by atoms with Gasteiger partial charge in [0.1, 0.15) is 11.9 Å². The minimum Gasteiger partial charge on any atom is -0.493 e. The van der Waals surface area contributed by atoms with Crippen molar-refractivity contribution >= 4 is 34.1 Å². The Kier molecular flexibility index (Phi) is 5.63. The largest absolute Gasteiger partial charge is 0.493 e. The van der Waals surface area contributed by atoms with E-state index in [0.29, 0.717) is 28.1 Å². The minimum absolute atomic E-state index is 0.158. The molecular weight excluding hydrogens is 380 g/mol. The van der Waals surface area contributed by atoms with E-state index in [1.165, 1.54) is 20.4 Å². The molecule has 1 heterocycles. The van der Waals surface area contributed by atoms with Gasteiger partial charge in [-0.1, -0.05) is 12.1 Å². The van der Waals surface area contributed by atoms with Crippen LogP contribution in [0, 0.1) is 10.1 Å². The van der Waals surface area contributed by atoms with Crippen LogP contribution in [0.2, 0.25) is 0 Å². The number of rotatable bonds is 7. The number of amides is 1. The predicted molar refractivity (Wildman–Crippen MR) is 106 cm³/mol. The number of ether oxygens (including phenoxy) is 2. The van der Waals surface area contributed by atoms with Crippen LogP contribution in [0.4, 0.5) is 21.9 Å². The van der Waals surface area contributed by atoms with Gasteiger partial charge < -0.3 is 25.2 Å². The monoisotopic (exact) mass is 398 g/mol. The number of carbonyl (C=O) groups is 1. The molecule has 0 radical (unpaired) electrons. The van der Waals surface area contributed by atoms with E-state index < -0.39 is 11.0 Å². The number of nitrogens with zero attached hydrogens (tertiary/aromatic N) is 2. The summed E-state index contributed by atoms with van der Waals surface area (Å²) >= 11 is 0. The highest BCUT2D eigenvalue weighted by molar-refractivity contribution is 5.99. The molecule has 1 amide bonds. The Morgan fingerprint density at radius 1 is 1.17 bits per heavy atom. The summed E-state index contributed by atoms with van der Waals surface area (Å²) < 4.78 is 10.6. The quantitative estimate of drug-likeness (QED) is 0.405. The first-order chi connectivity index (χ1) is 13.9. The lowest BCUT2D eigenvalue weighted by molar-refractivity contribution is -0.384. The van der Waals surface area contributed by atoms with E-state index >= 15 is 0 Å². The second kappa shape index (κ2) is 8.30. The fourth-order valence-electron chi connectivity index (χ4n) is 2.81. The summed E-state index contributed by atoms with van der Waals surface area (Å²) in [6.45, 7) is 0.158. The molecule has 1 aromatic heterocycles. The molecule has 0 aliphatic carbocycles. The fraction of sp³-hybridized carbons (Fsp3) is 0.158. The molecule has 10 nitrogen and oxygen atoms in total. The molecule has 3 rings (SSSR count). The van der Waals surface area contributed by atoms with Crippen molar-refractivity contribution in [2.75, 3.05) is 19.5 Å². The highest BCUT2D eigenvalue weighted by Crippen LogP contribution is 2.39. The Morgan fingerprint density at radius 3 is 2.41 bits per heavy atom. The van der Waals surface area contributed by atoms with Gasteiger partial charge in [-0.05, 0) is 23.8 Å². The summed E-state index contributed by atoms with van der Waals surface area (Å²) in [7, 11) is 2.97. The summed E-state index contributed by atoms with van der Waals surface area (Å²) in [5, 5.41) is 26.0. The molecule has 3 aromatic rings. The third-order valence-electron chi connectivity index (χ3n) is 4.22. The van der Waals surface area contributed by atoms with Crippen LogP contribution in [0.5, 0.6) is 11.5 Å². The van der Waals surface area contributed by atoms with Crippen LogP contribution < -0.4 is 20.1 Å². The number of methoxy groups -OCH3 is 2. The first-order valence-electron chi connectivity index (χ1n) is 8.44. The fourth-order valence-corrected chi connectivity index (χ4v) is 2.81. The van der Waals surface area contributed by atoms with Crippen molar-refractivity contribution in [1.82, 2.24) is 10.3 Å². The average molecular weight is 398 g/mol. The maximum absolute atomic E-state index is 11.5. The Hall–Kier alpha value is -4.08. The van der Waals surface area contributed by atoms with E-state index in [2.05, 4.69) is 15.6 Å². The zero-order valence-electron chi connectivity index (χ0n) is 15.6. The standard InChI is InChI=1S/C19H18N4O6/c1-28-16-7-13-14(8-17(16)29-2)20-10-15(23(26)27)18(13)22-12-5-3-11(4-6-12)9-21-19(24)25/h3-8,10,21H,9H2,1-2H3,(H,20,22)(H,24,25). The minimum atomic E-state index is -1.12. The third kappa shape index (κ3) is 4.26. The molecule has 0 spiro atoms. The van der Waals surface area contributed by atoms with Gasteiger partial charge in [0.2, 0.25) is 0 Å². The van der Waals surface area contributed by atoms with Crippen molar-refractivity contribution in [2.45, 2.75) is 6.54 Å². The maximum Gasteiger partial charge on any atom is 0.404 e. The number of nitrogens with one attached hydrogen (secondary N) is 2. The zero-order chi connectivity index (χ0) is 21.0. The lowest BCUT2D eigenvalue weighted by Crippen LogP contribution is -2.19. The van der Waals surface area contributed by atoms with E-state index in [1.54, 1.807) is 36.4 Å². The van der Waals surface area contributed by atoms with Crippen LogP contribution in [0.3, 0.4) is 0 Å². The highest BCUT2D eigenvalue weighted by atomic mass is 16.6. The topological polar surface area (TPSA) is 136 Å². The Morgan fingerprint density at radius 2 is 1.83 bits per heavy atom.